The van der Waals surface area contributed by atoms with E-state index in [0.29, 0.717) is 0 Å². The molecular formula is C7H15FN2. The maximum absolute atomic E-state index is 12.9. The molecule has 1 atom stereocenters. The zero-order valence-electron chi connectivity index (χ0n) is 6.36. The van der Waals surface area contributed by atoms with Gasteiger partial charge in [0.1, 0.15) is 0 Å². The zero-order valence-corrected chi connectivity index (χ0v) is 6.36. The Morgan fingerprint density at radius 2 is 2.10 bits per heavy atom. The quantitative estimate of drug-likeness (QED) is 0.554. The van der Waals surface area contributed by atoms with Crippen LogP contribution in [-0.4, -0.2) is 26.4 Å². The van der Waals surface area contributed by atoms with Crippen molar-refractivity contribution in [1.29, 1.82) is 0 Å². The van der Waals surface area contributed by atoms with Crippen LogP contribution in [0.15, 0.2) is 0 Å². The second kappa shape index (κ2) is 3.88. The molecular weight excluding hydrogens is 131 g/mol. The number of hydrogen-bond acceptors (Lipinski definition) is 2. The van der Waals surface area contributed by atoms with E-state index in [9.17, 15) is 4.39 Å². The minimum absolute atomic E-state index is 0.228. The summed E-state index contributed by atoms with van der Waals surface area (Å²) in [5.41, 5.74) is 0. The standard InChI is InChI=1S/C7H15FN2/c1-9-7(8)6-2-4-10-5-3-6/h6-7,9-10H,2-5H2,1H3. The number of hydrogen-bond donors (Lipinski definition) is 2. The summed E-state index contributed by atoms with van der Waals surface area (Å²) in [4.78, 5) is 0. The lowest BCUT2D eigenvalue weighted by Crippen LogP contribution is -2.37. The van der Waals surface area contributed by atoms with Crippen LogP contribution in [0.5, 0.6) is 0 Å². The van der Waals surface area contributed by atoms with Crippen molar-refractivity contribution in [3.8, 4) is 0 Å². The Hall–Kier alpha value is -0.150. The van der Waals surface area contributed by atoms with Crippen molar-refractivity contribution in [2.75, 3.05) is 20.1 Å². The zero-order chi connectivity index (χ0) is 7.40. The van der Waals surface area contributed by atoms with Crippen molar-refractivity contribution >= 4 is 0 Å². The molecule has 2 nitrogen and oxygen atoms in total. The lowest BCUT2D eigenvalue weighted by molar-refractivity contribution is 0.161. The van der Waals surface area contributed by atoms with Gasteiger partial charge in [0.15, 0.2) is 6.30 Å². The van der Waals surface area contributed by atoms with E-state index in [2.05, 4.69) is 10.6 Å². The molecule has 2 N–H and O–H groups in total. The minimum atomic E-state index is -0.804. The summed E-state index contributed by atoms with van der Waals surface area (Å²) in [6.07, 6.45) is 1.12. The maximum atomic E-state index is 12.9. The smallest absolute Gasteiger partial charge is 0.153 e. The topological polar surface area (TPSA) is 24.1 Å². The van der Waals surface area contributed by atoms with Crippen LogP contribution >= 0.6 is 0 Å². The van der Waals surface area contributed by atoms with Gasteiger partial charge in [-0.15, -0.1) is 0 Å². The fourth-order valence-corrected chi connectivity index (χ4v) is 1.37. The molecule has 1 unspecified atom stereocenters. The highest BCUT2D eigenvalue weighted by Gasteiger charge is 2.20. The van der Waals surface area contributed by atoms with Crippen LogP contribution in [0.1, 0.15) is 12.8 Å². The van der Waals surface area contributed by atoms with E-state index in [1.807, 2.05) is 0 Å². The third kappa shape index (κ3) is 1.92. The van der Waals surface area contributed by atoms with Crippen LogP contribution < -0.4 is 10.6 Å². The molecule has 0 aromatic rings. The molecule has 0 aromatic heterocycles. The highest BCUT2D eigenvalue weighted by atomic mass is 19.1. The largest absolute Gasteiger partial charge is 0.317 e. The average Bonchev–Trinajstić information content (AvgIpc) is 2.05. The van der Waals surface area contributed by atoms with Gasteiger partial charge in [0.05, 0.1) is 0 Å². The fraction of sp³-hybridized carbons (Fsp3) is 1.00. The Balaban J connectivity index is 2.24. The first kappa shape index (κ1) is 7.95. The summed E-state index contributed by atoms with van der Waals surface area (Å²) in [6.45, 7) is 1.93. The van der Waals surface area contributed by atoms with Crippen molar-refractivity contribution < 1.29 is 4.39 Å². The molecule has 0 amide bonds. The summed E-state index contributed by atoms with van der Waals surface area (Å²) in [7, 11) is 1.67. The Morgan fingerprint density at radius 3 is 2.60 bits per heavy atom. The fourth-order valence-electron chi connectivity index (χ4n) is 1.37. The van der Waals surface area contributed by atoms with E-state index in [1.165, 1.54) is 0 Å². The van der Waals surface area contributed by atoms with E-state index in [-0.39, 0.29) is 5.92 Å². The van der Waals surface area contributed by atoms with Crippen LogP contribution in [0.4, 0.5) is 4.39 Å². The lowest BCUT2D eigenvalue weighted by atomic mass is 9.97. The molecule has 0 aromatic carbocycles. The van der Waals surface area contributed by atoms with Gasteiger partial charge in [0.2, 0.25) is 0 Å². The Labute approximate surface area is 61.2 Å². The molecule has 0 saturated carbocycles. The second-order valence-corrected chi connectivity index (χ2v) is 2.78. The van der Waals surface area contributed by atoms with Gasteiger partial charge >= 0.3 is 0 Å². The molecule has 10 heavy (non-hydrogen) atoms. The summed E-state index contributed by atoms with van der Waals surface area (Å²) in [6, 6.07) is 0. The summed E-state index contributed by atoms with van der Waals surface area (Å²) < 4.78 is 12.9. The van der Waals surface area contributed by atoms with Crippen LogP contribution in [0.2, 0.25) is 0 Å². The first-order valence-corrected chi connectivity index (χ1v) is 3.86. The molecule has 1 saturated heterocycles. The normalized spacial score (nSPS) is 24.6. The van der Waals surface area contributed by atoms with Crippen molar-refractivity contribution in [3.05, 3.63) is 0 Å². The molecule has 0 spiro atoms. The number of rotatable bonds is 2. The van der Waals surface area contributed by atoms with Crippen molar-refractivity contribution in [2.45, 2.75) is 19.1 Å². The Bertz CT molecular complexity index is 91.6. The molecule has 0 radical (unpaired) electrons. The minimum Gasteiger partial charge on any atom is -0.317 e. The molecule has 1 aliphatic rings. The third-order valence-corrected chi connectivity index (χ3v) is 2.07. The first-order chi connectivity index (χ1) is 4.84. The van der Waals surface area contributed by atoms with Gasteiger partial charge in [-0.1, -0.05) is 0 Å². The summed E-state index contributed by atoms with van der Waals surface area (Å²) >= 11 is 0. The molecule has 1 aliphatic heterocycles. The molecule has 1 heterocycles. The van der Waals surface area contributed by atoms with Gasteiger partial charge in [-0.2, -0.15) is 0 Å². The molecule has 0 aliphatic carbocycles. The third-order valence-electron chi connectivity index (χ3n) is 2.07. The lowest BCUT2D eigenvalue weighted by Gasteiger charge is -2.25. The van der Waals surface area contributed by atoms with Gasteiger partial charge in [-0.05, 0) is 33.0 Å². The van der Waals surface area contributed by atoms with E-state index >= 15 is 0 Å². The SMILES string of the molecule is CNC(F)C1CCNCC1. The van der Waals surface area contributed by atoms with Crippen LogP contribution in [-0.2, 0) is 0 Å². The number of piperidine rings is 1. The number of alkyl halides is 1. The Kier molecular flexibility index (Phi) is 3.09. The average molecular weight is 146 g/mol. The number of halogens is 1. The maximum Gasteiger partial charge on any atom is 0.153 e. The molecule has 60 valence electrons. The van der Waals surface area contributed by atoms with Gasteiger partial charge in [0.25, 0.3) is 0 Å². The van der Waals surface area contributed by atoms with Gasteiger partial charge in [-0.25, -0.2) is 4.39 Å². The van der Waals surface area contributed by atoms with E-state index in [0.717, 1.165) is 25.9 Å². The van der Waals surface area contributed by atoms with Crippen molar-refractivity contribution in [3.63, 3.8) is 0 Å². The molecule has 1 rings (SSSR count). The van der Waals surface area contributed by atoms with Gasteiger partial charge in [-0.3, -0.25) is 5.32 Å². The predicted molar refractivity (Wildman–Crippen MR) is 39.5 cm³/mol. The first-order valence-electron chi connectivity index (χ1n) is 3.86. The van der Waals surface area contributed by atoms with Gasteiger partial charge < -0.3 is 5.32 Å². The van der Waals surface area contributed by atoms with Crippen molar-refractivity contribution in [2.24, 2.45) is 5.92 Å². The summed E-state index contributed by atoms with van der Waals surface area (Å²) in [5, 5.41) is 5.84. The molecule has 0 bridgehead atoms. The molecule has 1 fully saturated rings. The van der Waals surface area contributed by atoms with E-state index in [4.69, 9.17) is 0 Å². The van der Waals surface area contributed by atoms with E-state index < -0.39 is 6.30 Å². The van der Waals surface area contributed by atoms with Crippen LogP contribution in [0, 0.1) is 5.92 Å². The van der Waals surface area contributed by atoms with Gasteiger partial charge in [0, 0.05) is 5.92 Å². The Morgan fingerprint density at radius 1 is 1.50 bits per heavy atom. The van der Waals surface area contributed by atoms with Crippen LogP contribution in [0.3, 0.4) is 0 Å². The molecule has 3 heteroatoms. The number of nitrogens with one attached hydrogen (secondary N) is 2. The second-order valence-electron chi connectivity index (χ2n) is 2.78. The highest BCUT2D eigenvalue weighted by Crippen LogP contribution is 2.16. The monoisotopic (exact) mass is 146 g/mol. The van der Waals surface area contributed by atoms with Crippen LogP contribution in [0.25, 0.3) is 0 Å². The van der Waals surface area contributed by atoms with E-state index in [1.54, 1.807) is 7.05 Å². The summed E-state index contributed by atoms with van der Waals surface area (Å²) in [5.74, 6) is 0.228. The highest BCUT2D eigenvalue weighted by molar-refractivity contribution is 4.72. The van der Waals surface area contributed by atoms with Crippen molar-refractivity contribution in [1.82, 2.24) is 10.6 Å². The predicted octanol–water partition coefficient (Wildman–Crippen LogP) is 0.501.